The van der Waals surface area contributed by atoms with Crippen LogP contribution in [0, 0.1) is 5.92 Å². The van der Waals surface area contributed by atoms with Crippen LogP contribution in [-0.2, 0) is 4.79 Å². The van der Waals surface area contributed by atoms with Crippen molar-refractivity contribution in [2.45, 2.75) is 26.3 Å². The van der Waals surface area contributed by atoms with E-state index in [1.807, 2.05) is 13.8 Å². The lowest BCUT2D eigenvalue weighted by molar-refractivity contribution is -0.124. The zero-order valence-corrected chi connectivity index (χ0v) is 17.0. The average Bonchev–Trinajstić information content (AvgIpc) is 2.71. The highest BCUT2D eigenvalue weighted by atomic mass is 35.5. The minimum Gasteiger partial charge on any atom is -0.340 e. The molecule has 0 saturated heterocycles. The Labute approximate surface area is 173 Å². The van der Waals surface area contributed by atoms with Crippen molar-refractivity contribution in [3.05, 3.63) is 69.7 Å². The fraction of sp³-hybridized carbons (Fsp3) is 0.250. The van der Waals surface area contributed by atoms with Gasteiger partial charge in [-0.2, -0.15) is 0 Å². The van der Waals surface area contributed by atoms with Crippen LogP contribution in [0.1, 0.15) is 41.0 Å². The third-order valence-electron chi connectivity index (χ3n) is 4.29. The van der Waals surface area contributed by atoms with Gasteiger partial charge < -0.3 is 5.32 Å². The van der Waals surface area contributed by atoms with E-state index in [4.69, 9.17) is 23.2 Å². The Kier molecular flexibility index (Phi) is 7.84. The summed E-state index contributed by atoms with van der Waals surface area (Å²) >= 11 is 11.9. The van der Waals surface area contributed by atoms with E-state index in [9.17, 15) is 14.4 Å². The van der Waals surface area contributed by atoms with Crippen LogP contribution in [0.5, 0.6) is 0 Å². The van der Waals surface area contributed by atoms with E-state index in [0.29, 0.717) is 17.0 Å². The lowest BCUT2D eigenvalue weighted by atomic mass is 9.98. The maximum Gasteiger partial charge on any atom is 0.271 e. The first kappa shape index (κ1) is 21.7. The van der Waals surface area contributed by atoms with Crippen molar-refractivity contribution >= 4 is 40.9 Å². The third kappa shape index (κ3) is 5.71. The summed E-state index contributed by atoms with van der Waals surface area (Å²) in [7, 11) is 0. The zero-order valence-electron chi connectivity index (χ0n) is 15.5. The van der Waals surface area contributed by atoms with Gasteiger partial charge in [0.2, 0.25) is 0 Å². The average molecular weight is 422 g/mol. The first-order valence-electron chi connectivity index (χ1n) is 8.74. The molecule has 0 aliphatic heterocycles. The molecule has 0 aromatic heterocycles. The monoisotopic (exact) mass is 421 g/mol. The number of hydrogen-bond acceptors (Lipinski definition) is 3. The summed E-state index contributed by atoms with van der Waals surface area (Å²) < 4.78 is 0. The SMILES string of the molecule is CC[C@@H](C)[C@H](NC(=O)c1ccccc1)C(=O)NNC(=O)c1cc(Cl)ccc1Cl. The van der Waals surface area contributed by atoms with Gasteiger partial charge >= 0.3 is 0 Å². The minimum absolute atomic E-state index is 0.128. The second-order valence-electron chi connectivity index (χ2n) is 6.27. The van der Waals surface area contributed by atoms with Gasteiger partial charge in [0.25, 0.3) is 17.7 Å². The third-order valence-corrected chi connectivity index (χ3v) is 4.85. The van der Waals surface area contributed by atoms with Gasteiger partial charge in [-0.3, -0.25) is 25.2 Å². The molecule has 2 aromatic rings. The van der Waals surface area contributed by atoms with E-state index in [1.54, 1.807) is 36.4 Å². The second-order valence-corrected chi connectivity index (χ2v) is 7.11. The molecule has 0 radical (unpaired) electrons. The van der Waals surface area contributed by atoms with Crippen LogP contribution in [0.25, 0.3) is 0 Å². The highest BCUT2D eigenvalue weighted by molar-refractivity contribution is 6.35. The molecule has 0 unspecified atom stereocenters. The smallest absolute Gasteiger partial charge is 0.271 e. The first-order valence-corrected chi connectivity index (χ1v) is 9.50. The van der Waals surface area contributed by atoms with Crippen molar-refractivity contribution in [3.63, 3.8) is 0 Å². The molecular formula is C20H21Cl2N3O3. The van der Waals surface area contributed by atoms with E-state index < -0.39 is 17.9 Å². The standard InChI is InChI=1S/C20H21Cl2N3O3/c1-3-12(2)17(23-18(26)13-7-5-4-6-8-13)20(28)25-24-19(27)15-11-14(21)9-10-16(15)22/h4-12,17H,3H2,1-2H3,(H,23,26)(H,24,27)(H,25,28)/t12-,17+/m1/s1. The van der Waals surface area contributed by atoms with Crippen LogP contribution in [0.15, 0.2) is 48.5 Å². The number of carbonyl (C=O) groups excluding carboxylic acids is 3. The van der Waals surface area contributed by atoms with Crippen molar-refractivity contribution in [1.29, 1.82) is 0 Å². The number of carbonyl (C=O) groups is 3. The molecule has 28 heavy (non-hydrogen) atoms. The van der Waals surface area contributed by atoms with Gasteiger partial charge in [0, 0.05) is 10.6 Å². The number of hydrogen-bond donors (Lipinski definition) is 3. The van der Waals surface area contributed by atoms with Crippen molar-refractivity contribution in [3.8, 4) is 0 Å². The van der Waals surface area contributed by atoms with Crippen LogP contribution in [-0.4, -0.2) is 23.8 Å². The maximum atomic E-state index is 12.6. The molecule has 148 valence electrons. The molecule has 0 aliphatic rings. The quantitative estimate of drug-likeness (QED) is 0.622. The van der Waals surface area contributed by atoms with Crippen molar-refractivity contribution in [1.82, 2.24) is 16.2 Å². The predicted molar refractivity (Wildman–Crippen MR) is 109 cm³/mol. The molecule has 0 spiro atoms. The molecule has 3 amide bonds. The van der Waals surface area contributed by atoms with Gasteiger partial charge in [0.05, 0.1) is 10.6 Å². The summed E-state index contributed by atoms with van der Waals surface area (Å²) in [5, 5.41) is 3.26. The van der Waals surface area contributed by atoms with E-state index in [0.717, 1.165) is 0 Å². The largest absolute Gasteiger partial charge is 0.340 e. The Balaban J connectivity index is 2.05. The lowest BCUT2D eigenvalue weighted by Crippen LogP contribution is -2.54. The molecule has 0 aliphatic carbocycles. The number of nitrogens with one attached hydrogen (secondary N) is 3. The number of halogens is 2. The number of benzene rings is 2. The van der Waals surface area contributed by atoms with Crippen LogP contribution in [0.4, 0.5) is 0 Å². The Hall–Kier alpha value is -2.57. The maximum absolute atomic E-state index is 12.6. The van der Waals surface area contributed by atoms with E-state index in [2.05, 4.69) is 16.2 Å². The molecule has 2 aromatic carbocycles. The summed E-state index contributed by atoms with van der Waals surface area (Å²) in [6.45, 7) is 3.75. The lowest BCUT2D eigenvalue weighted by Gasteiger charge is -2.23. The number of hydrazine groups is 1. The van der Waals surface area contributed by atoms with Crippen molar-refractivity contribution < 1.29 is 14.4 Å². The summed E-state index contributed by atoms with van der Waals surface area (Å²) in [6, 6.07) is 12.2. The molecule has 0 bridgehead atoms. The molecular weight excluding hydrogens is 401 g/mol. The predicted octanol–water partition coefficient (Wildman–Crippen LogP) is 3.60. The molecule has 3 N–H and O–H groups in total. The molecule has 0 saturated carbocycles. The Bertz CT molecular complexity index is 859. The van der Waals surface area contributed by atoms with Crippen molar-refractivity contribution in [2.24, 2.45) is 5.92 Å². The molecule has 6 nitrogen and oxygen atoms in total. The molecule has 2 atom stereocenters. The van der Waals surface area contributed by atoms with Gasteiger partial charge in [0.1, 0.15) is 6.04 Å². The fourth-order valence-electron chi connectivity index (χ4n) is 2.45. The van der Waals surface area contributed by atoms with Crippen LogP contribution in [0.2, 0.25) is 10.0 Å². The van der Waals surface area contributed by atoms with Gasteiger partial charge in [-0.05, 0) is 36.2 Å². The normalized spacial score (nSPS) is 12.6. The highest BCUT2D eigenvalue weighted by Gasteiger charge is 2.27. The second kappa shape index (κ2) is 10.1. The van der Waals surface area contributed by atoms with Gasteiger partial charge in [-0.15, -0.1) is 0 Å². The fourth-order valence-corrected chi connectivity index (χ4v) is 2.83. The molecule has 0 heterocycles. The molecule has 2 rings (SSSR count). The van der Waals surface area contributed by atoms with Gasteiger partial charge in [0.15, 0.2) is 0 Å². The van der Waals surface area contributed by atoms with E-state index >= 15 is 0 Å². The first-order chi connectivity index (χ1) is 13.3. The Morgan fingerprint density at radius 2 is 1.64 bits per heavy atom. The van der Waals surface area contributed by atoms with Crippen molar-refractivity contribution in [2.75, 3.05) is 0 Å². The van der Waals surface area contributed by atoms with Crippen LogP contribution in [0.3, 0.4) is 0 Å². The summed E-state index contributed by atoms with van der Waals surface area (Å²) in [4.78, 5) is 37.3. The minimum atomic E-state index is -0.826. The summed E-state index contributed by atoms with van der Waals surface area (Å²) in [5.41, 5.74) is 5.22. The van der Waals surface area contributed by atoms with Gasteiger partial charge in [-0.1, -0.05) is 61.7 Å². The van der Waals surface area contributed by atoms with E-state index in [1.165, 1.54) is 12.1 Å². The number of amides is 3. The van der Waals surface area contributed by atoms with E-state index in [-0.39, 0.29) is 22.4 Å². The zero-order chi connectivity index (χ0) is 20.7. The van der Waals surface area contributed by atoms with Crippen LogP contribution < -0.4 is 16.2 Å². The molecule has 0 fully saturated rings. The highest BCUT2D eigenvalue weighted by Crippen LogP contribution is 2.20. The molecule has 8 heteroatoms. The Morgan fingerprint density at radius 3 is 2.29 bits per heavy atom. The topological polar surface area (TPSA) is 87.3 Å². The summed E-state index contributed by atoms with van der Waals surface area (Å²) in [6.07, 6.45) is 0.654. The number of rotatable bonds is 6. The van der Waals surface area contributed by atoms with Crippen LogP contribution >= 0.6 is 23.2 Å². The Morgan fingerprint density at radius 1 is 0.964 bits per heavy atom. The van der Waals surface area contributed by atoms with Gasteiger partial charge in [-0.25, -0.2) is 0 Å². The summed E-state index contributed by atoms with van der Waals surface area (Å²) in [5.74, 6) is -1.67.